The Morgan fingerprint density at radius 2 is 1.76 bits per heavy atom. The lowest BCUT2D eigenvalue weighted by molar-refractivity contribution is -0.122. The monoisotopic (exact) mass is 396 g/mol. The number of aromatic nitrogens is 1. The van der Waals surface area contributed by atoms with Crippen LogP contribution in [0.2, 0.25) is 0 Å². The molecule has 2 amide bonds. The highest BCUT2D eigenvalue weighted by atomic mass is 16.5. The molecule has 154 valence electrons. The van der Waals surface area contributed by atoms with Gasteiger partial charge in [-0.25, -0.2) is 0 Å². The Bertz CT molecular complexity index is 852. The summed E-state index contributed by atoms with van der Waals surface area (Å²) in [6.45, 7) is 3.84. The summed E-state index contributed by atoms with van der Waals surface area (Å²) in [5.74, 6) is 0.530. The number of amides is 2. The molecular weight excluding hydrogens is 368 g/mol. The minimum atomic E-state index is -0.125. The standard InChI is InChI=1S/C22H28N4O3/c1-15-21(19(25-29-15)13-16-5-3-2-4-6-16)22(28)24-18-9-11-26(12-10-18)14-20(27)23-17-7-8-17/h2-6,17-18H,7-14H2,1H3,(H,23,27)(H,24,28). The topological polar surface area (TPSA) is 87.5 Å². The molecule has 1 aromatic carbocycles. The van der Waals surface area contributed by atoms with E-state index in [0.29, 0.717) is 36.0 Å². The molecule has 7 nitrogen and oxygen atoms in total. The Labute approximate surface area is 170 Å². The molecule has 2 aliphatic rings. The SMILES string of the molecule is Cc1onc(Cc2ccccc2)c1C(=O)NC1CCN(CC(=O)NC2CC2)CC1. The minimum absolute atomic E-state index is 0.101. The quantitative estimate of drug-likeness (QED) is 0.748. The van der Waals surface area contributed by atoms with Gasteiger partial charge in [0.2, 0.25) is 5.91 Å². The fourth-order valence-corrected chi connectivity index (χ4v) is 3.82. The van der Waals surface area contributed by atoms with Crippen molar-refractivity contribution in [3.8, 4) is 0 Å². The predicted octanol–water partition coefficient (Wildman–Crippen LogP) is 2.05. The summed E-state index contributed by atoms with van der Waals surface area (Å²) in [6, 6.07) is 10.4. The number of likely N-dealkylation sites (tertiary alicyclic amines) is 1. The molecule has 1 saturated carbocycles. The first-order valence-electron chi connectivity index (χ1n) is 10.4. The number of rotatable bonds is 7. The van der Waals surface area contributed by atoms with Crippen molar-refractivity contribution in [3.05, 3.63) is 52.9 Å². The third-order valence-electron chi connectivity index (χ3n) is 5.61. The summed E-state index contributed by atoms with van der Waals surface area (Å²) >= 11 is 0. The molecule has 0 atom stereocenters. The second-order valence-corrected chi connectivity index (χ2v) is 8.09. The highest BCUT2D eigenvalue weighted by Gasteiger charge is 2.28. The molecular formula is C22H28N4O3. The maximum Gasteiger partial charge on any atom is 0.257 e. The van der Waals surface area contributed by atoms with Gasteiger partial charge in [0, 0.05) is 31.6 Å². The van der Waals surface area contributed by atoms with E-state index in [1.165, 1.54) is 0 Å². The number of aryl methyl sites for hydroxylation is 1. The number of nitrogens with one attached hydrogen (secondary N) is 2. The van der Waals surface area contributed by atoms with Gasteiger partial charge in [0.05, 0.1) is 6.54 Å². The summed E-state index contributed by atoms with van der Waals surface area (Å²) in [6.07, 6.45) is 4.44. The number of hydrogen-bond donors (Lipinski definition) is 2. The molecule has 0 bridgehead atoms. The molecule has 2 N–H and O–H groups in total. The molecule has 1 aromatic heterocycles. The molecule has 1 saturated heterocycles. The largest absolute Gasteiger partial charge is 0.361 e. The number of carbonyl (C=O) groups is 2. The van der Waals surface area contributed by atoms with Gasteiger partial charge in [0.15, 0.2) is 0 Å². The molecule has 7 heteroatoms. The fourth-order valence-electron chi connectivity index (χ4n) is 3.82. The van der Waals surface area contributed by atoms with Gasteiger partial charge < -0.3 is 15.2 Å². The van der Waals surface area contributed by atoms with Crippen LogP contribution in [0.3, 0.4) is 0 Å². The first kappa shape index (κ1) is 19.6. The van der Waals surface area contributed by atoms with E-state index >= 15 is 0 Å². The zero-order valence-corrected chi connectivity index (χ0v) is 16.8. The molecule has 2 fully saturated rings. The van der Waals surface area contributed by atoms with Crippen molar-refractivity contribution in [2.45, 2.75) is 51.1 Å². The van der Waals surface area contributed by atoms with Crippen molar-refractivity contribution < 1.29 is 14.1 Å². The van der Waals surface area contributed by atoms with Gasteiger partial charge in [-0.3, -0.25) is 14.5 Å². The number of carbonyl (C=O) groups excluding carboxylic acids is 2. The fraction of sp³-hybridized carbons (Fsp3) is 0.500. The van der Waals surface area contributed by atoms with Crippen LogP contribution in [0.5, 0.6) is 0 Å². The zero-order chi connectivity index (χ0) is 20.2. The van der Waals surface area contributed by atoms with Gasteiger partial charge in [0.1, 0.15) is 17.0 Å². The smallest absolute Gasteiger partial charge is 0.257 e. The lowest BCUT2D eigenvalue weighted by Crippen LogP contribution is -2.47. The molecule has 0 radical (unpaired) electrons. The predicted molar refractivity (Wildman–Crippen MR) is 109 cm³/mol. The first-order valence-corrected chi connectivity index (χ1v) is 10.4. The van der Waals surface area contributed by atoms with Crippen molar-refractivity contribution in [1.82, 2.24) is 20.7 Å². The lowest BCUT2D eigenvalue weighted by atomic mass is 10.0. The van der Waals surface area contributed by atoms with Crippen LogP contribution in [-0.2, 0) is 11.2 Å². The minimum Gasteiger partial charge on any atom is -0.361 e. The van der Waals surface area contributed by atoms with Crippen molar-refractivity contribution >= 4 is 11.8 Å². The molecule has 29 heavy (non-hydrogen) atoms. The molecule has 4 rings (SSSR count). The van der Waals surface area contributed by atoms with Crippen LogP contribution in [0.4, 0.5) is 0 Å². The molecule has 0 unspecified atom stereocenters. The number of nitrogens with zero attached hydrogens (tertiary/aromatic N) is 2. The van der Waals surface area contributed by atoms with Gasteiger partial charge in [-0.1, -0.05) is 35.5 Å². The van der Waals surface area contributed by atoms with E-state index in [0.717, 1.165) is 44.3 Å². The van der Waals surface area contributed by atoms with E-state index in [1.807, 2.05) is 30.3 Å². The van der Waals surface area contributed by atoms with Gasteiger partial charge >= 0.3 is 0 Å². The van der Waals surface area contributed by atoms with E-state index in [-0.39, 0.29) is 17.9 Å². The van der Waals surface area contributed by atoms with Gasteiger partial charge in [0.25, 0.3) is 5.91 Å². The first-order chi connectivity index (χ1) is 14.1. The third-order valence-corrected chi connectivity index (χ3v) is 5.61. The third kappa shape index (κ3) is 5.23. The second kappa shape index (κ2) is 8.78. The van der Waals surface area contributed by atoms with E-state index < -0.39 is 0 Å². The maximum absolute atomic E-state index is 12.9. The van der Waals surface area contributed by atoms with Gasteiger partial charge in [-0.2, -0.15) is 0 Å². The normalized spacial score (nSPS) is 17.8. The Kier molecular flexibility index (Phi) is 5.94. The molecule has 1 aliphatic heterocycles. The number of benzene rings is 1. The van der Waals surface area contributed by atoms with Crippen LogP contribution >= 0.6 is 0 Å². The Balaban J connectivity index is 1.30. The average molecular weight is 396 g/mol. The molecule has 2 heterocycles. The van der Waals surface area contributed by atoms with Crippen molar-refractivity contribution in [2.24, 2.45) is 0 Å². The highest BCUT2D eigenvalue weighted by molar-refractivity contribution is 5.96. The average Bonchev–Trinajstić information content (AvgIpc) is 3.45. The van der Waals surface area contributed by atoms with Crippen molar-refractivity contribution in [2.75, 3.05) is 19.6 Å². The van der Waals surface area contributed by atoms with Crippen LogP contribution in [0.1, 0.15) is 53.1 Å². The number of piperidine rings is 1. The van der Waals surface area contributed by atoms with Crippen LogP contribution < -0.4 is 10.6 Å². The van der Waals surface area contributed by atoms with E-state index in [4.69, 9.17) is 4.52 Å². The summed E-state index contributed by atoms with van der Waals surface area (Å²) in [4.78, 5) is 27.0. The zero-order valence-electron chi connectivity index (χ0n) is 16.8. The van der Waals surface area contributed by atoms with E-state index in [1.54, 1.807) is 6.92 Å². The van der Waals surface area contributed by atoms with Crippen LogP contribution in [0.25, 0.3) is 0 Å². The Morgan fingerprint density at radius 3 is 2.45 bits per heavy atom. The van der Waals surface area contributed by atoms with E-state index in [9.17, 15) is 9.59 Å². The van der Waals surface area contributed by atoms with Crippen LogP contribution in [0.15, 0.2) is 34.9 Å². The Morgan fingerprint density at radius 1 is 1.07 bits per heavy atom. The van der Waals surface area contributed by atoms with Crippen LogP contribution in [0, 0.1) is 6.92 Å². The van der Waals surface area contributed by atoms with Gasteiger partial charge in [-0.05, 0) is 38.2 Å². The molecule has 1 aliphatic carbocycles. The summed E-state index contributed by atoms with van der Waals surface area (Å²) in [7, 11) is 0. The van der Waals surface area contributed by atoms with Gasteiger partial charge in [-0.15, -0.1) is 0 Å². The summed E-state index contributed by atoms with van der Waals surface area (Å²) < 4.78 is 5.31. The van der Waals surface area contributed by atoms with Crippen molar-refractivity contribution in [3.63, 3.8) is 0 Å². The van der Waals surface area contributed by atoms with E-state index in [2.05, 4.69) is 20.7 Å². The Hall–Kier alpha value is -2.67. The van der Waals surface area contributed by atoms with Crippen molar-refractivity contribution in [1.29, 1.82) is 0 Å². The number of hydrogen-bond acceptors (Lipinski definition) is 5. The molecule has 2 aromatic rings. The second-order valence-electron chi connectivity index (χ2n) is 8.09. The van der Waals surface area contributed by atoms with Crippen LogP contribution in [-0.4, -0.2) is 53.6 Å². The summed E-state index contributed by atoms with van der Waals surface area (Å²) in [5.41, 5.74) is 2.30. The summed E-state index contributed by atoms with van der Waals surface area (Å²) in [5, 5.41) is 10.3. The molecule has 0 spiro atoms. The highest BCUT2D eigenvalue weighted by Crippen LogP contribution is 2.20. The maximum atomic E-state index is 12.9. The lowest BCUT2D eigenvalue weighted by Gasteiger charge is -2.31.